The molecule has 1 amide bonds. The predicted octanol–water partition coefficient (Wildman–Crippen LogP) is 5.02. The molecule has 38 heavy (non-hydrogen) atoms. The summed E-state index contributed by atoms with van der Waals surface area (Å²) in [6, 6.07) is 3.99. The third-order valence-electron chi connectivity index (χ3n) is 6.81. The lowest BCUT2D eigenvalue weighted by Gasteiger charge is -2.43. The third-order valence-corrected chi connectivity index (χ3v) is 6.81. The number of piperazine rings is 1. The molecule has 13 heteroatoms. The normalized spacial score (nSPS) is 15.7. The van der Waals surface area contributed by atoms with Crippen LogP contribution in [0.4, 0.5) is 32.6 Å². The van der Waals surface area contributed by atoms with Gasteiger partial charge in [-0.25, -0.2) is 28.5 Å². The summed E-state index contributed by atoms with van der Waals surface area (Å²) in [5.41, 5.74) is 2.77. The number of benzene rings is 1. The van der Waals surface area contributed by atoms with E-state index in [-0.39, 0.29) is 16.7 Å². The minimum absolute atomic E-state index is 0.182. The van der Waals surface area contributed by atoms with Crippen molar-refractivity contribution in [3.05, 3.63) is 47.4 Å². The number of amides is 1. The number of anilines is 1. The number of nitrogen functional groups attached to an aromatic ring is 1. The zero-order valence-electron chi connectivity index (χ0n) is 21.0. The molecule has 3 aromatic rings. The molecule has 4 rings (SSSR count). The van der Waals surface area contributed by atoms with E-state index in [0.29, 0.717) is 45.2 Å². The van der Waals surface area contributed by atoms with Gasteiger partial charge in [0.2, 0.25) is 0 Å². The van der Waals surface area contributed by atoms with E-state index in [9.17, 15) is 31.9 Å². The zero-order valence-corrected chi connectivity index (χ0v) is 21.0. The van der Waals surface area contributed by atoms with Gasteiger partial charge in [-0.3, -0.25) is 4.90 Å². The summed E-state index contributed by atoms with van der Waals surface area (Å²) in [6.07, 6.45) is -4.30. The molecule has 204 valence electrons. The first-order chi connectivity index (χ1) is 17.6. The number of hydrogen-bond acceptors (Lipinski definition) is 6. The SMILES string of the molecule is CC(F)(F)c1cc2c(CC(C)(C)N3CCN(C(=O)O)CC3)ncnc2cc1-c1nc(N)ccc1C(F)(F)F. The van der Waals surface area contributed by atoms with Gasteiger partial charge < -0.3 is 15.7 Å². The number of alkyl halides is 5. The molecule has 8 nitrogen and oxygen atoms in total. The van der Waals surface area contributed by atoms with E-state index in [1.165, 1.54) is 17.3 Å². The fourth-order valence-corrected chi connectivity index (χ4v) is 4.79. The van der Waals surface area contributed by atoms with Gasteiger partial charge in [-0.15, -0.1) is 0 Å². The molecule has 0 radical (unpaired) electrons. The van der Waals surface area contributed by atoms with Crippen molar-refractivity contribution in [2.75, 3.05) is 31.9 Å². The van der Waals surface area contributed by atoms with E-state index < -0.39 is 46.1 Å². The number of nitrogens with two attached hydrogens (primary N) is 1. The van der Waals surface area contributed by atoms with Gasteiger partial charge in [-0.1, -0.05) is 0 Å². The van der Waals surface area contributed by atoms with Gasteiger partial charge in [0.15, 0.2) is 0 Å². The maximum Gasteiger partial charge on any atom is 0.418 e. The van der Waals surface area contributed by atoms with E-state index in [4.69, 9.17) is 5.73 Å². The van der Waals surface area contributed by atoms with Crippen LogP contribution >= 0.6 is 0 Å². The topological polar surface area (TPSA) is 108 Å². The number of halogens is 5. The predicted molar refractivity (Wildman–Crippen MR) is 131 cm³/mol. The number of nitrogens with zero attached hydrogens (tertiary/aromatic N) is 5. The molecule has 2 aromatic heterocycles. The Morgan fingerprint density at radius 3 is 2.24 bits per heavy atom. The van der Waals surface area contributed by atoms with E-state index in [1.54, 1.807) is 0 Å². The van der Waals surface area contributed by atoms with Crippen molar-refractivity contribution < 1.29 is 31.9 Å². The van der Waals surface area contributed by atoms with Crippen molar-refractivity contribution in [1.29, 1.82) is 0 Å². The molecule has 3 N–H and O–H groups in total. The van der Waals surface area contributed by atoms with E-state index >= 15 is 0 Å². The number of carboxylic acid groups (broad SMARTS) is 1. The zero-order chi connectivity index (χ0) is 28.0. The quantitative estimate of drug-likeness (QED) is 0.439. The summed E-state index contributed by atoms with van der Waals surface area (Å²) < 4.78 is 71.1. The maximum absolute atomic E-state index is 14.9. The second kappa shape index (κ2) is 9.61. The highest BCUT2D eigenvalue weighted by Gasteiger charge is 2.38. The molecule has 0 saturated carbocycles. The van der Waals surface area contributed by atoms with Crippen LogP contribution in [0.1, 0.15) is 37.6 Å². The van der Waals surface area contributed by atoms with Crippen LogP contribution < -0.4 is 5.73 Å². The Morgan fingerprint density at radius 1 is 1.00 bits per heavy atom. The summed E-state index contributed by atoms with van der Waals surface area (Å²) in [4.78, 5) is 26.9. The largest absolute Gasteiger partial charge is 0.465 e. The lowest BCUT2D eigenvalue weighted by molar-refractivity contribution is -0.137. The van der Waals surface area contributed by atoms with Gasteiger partial charge in [0.1, 0.15) is 12.1 Å². The minimum Gasteiger partial charge on any atom is -0.465 e. The molecule has 1 aromatic carbocycles. The Hall–Kier alpha value is -3.61. The van der Waals surface area contributed by atoms with E-state index in [1.807, 2.05) is 13.8 Å². The van der Waals surface area contributed by atoms with Crippen LogP contribution in [0, 0.1) is 0 Å². The number of pyridine rings is 1. The molecule has 1 saturated heterocycles. The number of aromatic nitrogens is 3. The Balaban J connectivity index is 1.81. The minimum atomic E-state index is -4.85. The van der Waals surface area contributed by atoms with Crippen LogP contribution in [0.15, 0.2) is 30.6 Å². The lowest BCUT2D eigenvalue weighted by atomic mass is 9.90. The second-order valence-electron chi connectivity index (χ2n) is 10.00. The van der Waals surface area contributed by atoms with Crippen LogP contribution in [0.5, 0.6) is 0 Å². The smallest absolute Gasteiger partial charge is 0.418 e. The Bertz CT molecular complexity index is 1360. The van der Waals surface area contributed by atoms with Gasteiger partial charge in [-0.05, 0) is 38.1 Å². The summed E-state index contributed by atoms with van der Waals surface area (Å²) in [5.74, 6) is -3.76. The molecule has 3 heterocycles. The summed E-state index contributed by atoms with van der Waals surface area (Å²) >= 11 is 0. The highest BCUT2D eigenvalue weighted by Crippen LogP contribution is 2.43. The molecule has 1 aliphatic rings. The molecule has 0 bridgehead atoms. The fourth-order valence-electron chi connectivity index (χ4n) is 4.79. The molecule has 0 unspecified atom stereocenters. The molecule has 1 fully saturated rings. The van der Waals surface area contributed by atoms with Crippen LogP contribution in [-0.4, -0.2) is 67.7 Å². The van der Waals surface area contributed by atoms with Crippen LogP contribution in [0.25, 0.3) is 22.2 Å². The average Bonchev–Trinajstić information content (AvgIpc) is 2.82. The van der Waals surface area contributed by atoms with Gasteiger partial charge >= 0.3 is 12.3 Å². The average molecular weight is 539 g/mol. The maximum atomic E-state index is 14.9. The molecule has 1 aliphatic heterocycles. The number of hydrogen-bond donors (Lipinski definition) is 2. The highest BCUT2D eigenvalue weighted by atomic mass is 19.4. The molecular weight excluding hydrogens is 511 g/mol. The first-order valence-electron chi connectivity index (χ1n) is 11.8. The van der Waals surface area contributed by atoms with Gasteiger partial charge in [0.25, 0.3) is 5.92 Å². The summed E-state index contributed by atoms with van der Waals surface area (Å²) in [6.45, 7) is 6.09. The number of carbonyl (C=O) groups is 1. The highest BCUT2D eigenvalue weighted by molar-refractivity contribution is 5.88. The Labute approximate surface area is 215 Å². The molecule has 0 spiro atoms. The standard InChI is InChI=1S/C25H27F5N6O2/c1-23(2,36-8-6-35(7-9-36)22(37)38)12-19-15-10-17(24(3,26)27)14(11-18(15)32-13-33-19)21-16(25(28,29)30)4-5-20(31)34-21/h4-5,10-11,13H,6-9,12H2,1-3H3,(H2,31,34)(H,37,38). The van der Waals surface area contributed by atoms with Crippen molar-refractivity contribution in [1.82, 2.24) is 24.8 Å². The van der Waals surface area contributed by atoms with Crippen molar-refractivity contribution in [2.45, 2.75) is 44.8 Å². The first-order valence-corrected chi connectivity index (χ1v) is 11.8. The van der Waals surface area contributed by atoms with Gasteiger partial charge in [0, 0.05) is 61.6 Å². The van der Waals surface area contributed by atoms with Crippen LogP contribution in [0.2, 0.25) is 0 Å². The van der Waals surface area contributed by atoms with Gasteiger partial charge in [0.05, 0.1) is 22.5 Å². The van der Waals surface area contributed by atoms with Crippen LogP contribution in [-0.2, 0) is 18.5 Å². The number of fused-ring (bicyclic) bond motifs is 1. The number of rotatable bonds is 5. The van der Waals surface area contributed by atoms with Crippen molar-refractivity contribution in [3.8, 4) is 11.3 Å². The monoisotopic (exact) mass is 538 g/mol. The van der Waals surface area contributed by atoms with E-state index in [2.05, 4.69) is 19.9 Å². The Morgan fingerprint density at radius 2 is 1.66 bits per heavy atom. The molecular formula is C25H27F5N6O2. The summed E-state index contributed by atoms with van der Waals surface area (Å²) in [7, 11) is 0. The second-order valence-corrected chi connectivity index (χ2v) is 10.00. The van der Waals surface area contributed by atoms with Crippen molar-refractivity contribution >= 4 is 22.8 Å². The fraction of sp³-hybridized carbons (Fsp3) is 0.440. The first kappa shape index (κ1) is 27.4. The van der Waals surface area contributed by atoms with Crippen molar-refractivity contribution in [2.24, 2.45) is 0 Å². The van der Waals surface area contributed by atoms with Crippen LogP contribution in [0.3, 0.4) is 0 Å². The van der Waals surface area contributed by atoms with Gasteiger partial charge in [-0.2, -0.15) is 13.2 Å². The van der Waals surface area contributed by atoms with E-state index in [0.717, 1.165) is 18.2 Å². The summed E-state index contributed by atoms with van der Waals surface area (Å²) in [5, 5.41) is 9.49. The molecule has 0 aliphatic carbocycles. The lowest BCUT2D eigenvalue weighted by Crippen LogP contribution is -2.56. The molecule has 0 atom stereocenters. The Kier molecular flexibility index (Phi) is 6.93. The third kappa shape index (κ3) is 5.47. The van der Waals surface area contributed by atoms with Crippen molar-refractivity contribution in [3.63, 3.8) is 0 Å².